The van der Waals surface area contributed by atoms with Gasteiger partial charge in [-0.15, -0.1) is 0 Å². The average molecular weight is 236 g/mol. The predicted octanol–water partition coefficient (Wildman–Crippen LogP) is 2.21. The van der Waals surface area contributed by atoms with Gasteiger partial charge in [0.2, 0.25) is 0 Å². The second-order valence-electron chi connectivity index (χ2n) is 3.37. The van der Waals surface area contributed by atoms with Crippen LogP contribution in [0.15, 0.2) is 24.3 Å². The van der Waals surface area contributed by atoms with Crippen LogP contribution in [-0.4, -0.2) is 29.1 Å². The molecule has 2 aromatic rings. The van der Waals surface area contributed by atoms with Crippen LogP contribution >= 0.6 is 11.3 Å². The Kier molecular flexibility index (Phi) is 3.05. The first-order chi connectivity index (χ1) is 7.70. The zero-order valence-electron chi connectivity index (χ0n) is 8.88. The monoisotopic (exact) mass is 236 g/mol. The van der Waals surface area contributed by atoms with Crippen LogP contribution in [0, 0.1) is 0 Å². The summed E-state index contributed by atoms with van der Waals surface area (Å²) in [4.78, 5) is 16.9. The van der Waals surface area contributed by atoms with Crippen molar-refractivity contribution < 1.29 is 9.90 Å². The Morgan fingerprint density at radius 3 is 2.88 bits per heavy atom. The van der Waals surface area contributed by atoms with Crippen LogP contribution in [0.4, 0.5) is 5.13 Å². The van der Waals surface area contributed by atoms with E-state index < -0.39 is 5.97 Å². The van der Waals surface area contributed by atoms with Crippen molar-refractivity contribution in [2.24, 2.45) is 0 Å². The standard InChI is InChI=1S/C11H12N2O2S/c1-2-13(7-10(14)15)11-12-8-5-3-4-6-9(8)16-11/h3-6H,2,7H2,1H3,(H,14,15). The number of aliphatic carboxylic acids is 1. The van der Waals surface area contributed by atoms with Crippen LogP contribution in [0.5, 0.6) is 0 Å². The van der Waals surface area contributed by atoms with E-state index in [0.29, 0.717) is 6.54 Å². The largest absolute Gasteiger partial charge is 0.480 e. The van der Waals surface area contributed by atoms with Crippen molar-refractivity contribution in [1.82, 2.24) is 4.98 Å². The van der Waals surface area contributed by atoms with Gasteiger partial charge >= 0.3 is 5.97 Å². The van der Waals surface area contributed by atoms with E-state index in [1.807, 2.05) is 31.2 Å². The molecular formula is C11H12N2O2S. The summed E-state index contributed by atoms with van der Waals surface area (Å²) < 4.78 is 1.08. The first-order valence-electron chi connectivity index (χ1n) is 5.03. The highest BCUT2D eigenvalue weighted by Crippen LogP contribution is 2.28. The van der Waals surface area contributed by atoms with Crippen molar-refractivity contribution in [2.75, 3.05) is 18.0 Å². The molecule has 4 nitrogen and oxygen atoms in total. The van der Waals surface area contributed by atoms with Gasteiger partial charge in [-0.25, -0.2) is 4.98 Å². The molecule has 5 heteroatoms. The van der Waals surface area contributed by atoms with Crippen LogP contribution < -0.4 is 4.90 Å². The van der Waals surface area contributed by atoms with E-state index in [2.05, 4.69) is 4.98 Å². The summed E-state index contributed by atoms with van der Waals surface area (Å²) in [5, 5.41) is 9.56. The summed E-state index contributed by atoms with van der Waals surface area (Å²) in [6, 6.07) is 7.81. The van der Waals surface area contributed by atoms with Crippen molar-refractivity contribution in [3.8, 4) is 0 Å². The molecule has 0 unspecified atom stereocenters. The first kappa shape index (κ1) is 10.9. The molecule has 1 heterocycles. The normalized spacial score (nSPS) is 10.6. The summed E-state index contributed by atoms with van der Waals surface area (Å²) in [7, 11) is 0. The number of hydrogen-bond donors (Lipinski definition) is 1. The molecule has 1 N–H and O–H groups in total. The van der Waals surface area contributed by atoms with Crippen molar-refractivity contribution >= 4 is 32.7 Å². The Bertz CT molecular complexity index is 476. The SMILES string of the molecule is CCN(CC(=O)O)c1nc2ccccc2s1. The third kappa shape index (κ3) is 2.14. The minimum absolute atomic E-state index is 0.00365. The fraction of sp³-hybridized carbons (Fsp3) is 0.273. The number of likely N-dealkylation sites (N-methyl/N-ethyl adjacent to an activating group) is 1. The number of aromatic nitrogens is 1. The summed E-state index contributed by atoms with van der Waals surface area (Å²) in [5.41, 5.74) is 0.923. The number of anilines is 1. The molecule has 0 bridgehead atoms. The molecule has 0 saturated heterocycles. The highest BCUT2D eigenvalue weighted by atomic mass is 32.1. The molecule has 0 radical (unpaired) electrons. The van der Waals surface area contributed by atoms with Crippen molar-refractivity contribution in [3.05, 3.63) is 24.3 Å². The molecule has 0 aliphatic carbocycles. The van der Waals surface area contributed by atoms with Gasteiger partial charge in [-0.2, -0.15) is 0 Å². The molecule has 16 heavy (non-hydrogen) atoms. The Balaban J connectivity index is 2.34. The van der Waals surface area contributed by atoms with E-state index in [1.165, 1.54) is 11.3 Å². The number of fused-ring (bicyclic) bond motifs is 1. The highest BCUT2D eigenvalue weighted by molar-refractivity contribution is 7.22. The van der Waals surface area contributed by atoms with Gasteiger partial charge in [0, 0.05) is 6.54 Å². The number of rotatable bonds is 4. The maximum atomic E-state index is 10.7. The van der Waals surface area contributed by atoms with Crippen LogP contribution in [0.25, 0.3) is 10.2 Å². The number of nitrogens with zero attached hydrogens (tertiary/aromatic N) is 2. The summed E-state index contributed by atoms with van der Waals surface area (Å²) in [6.07, 6.45) is 0. The van der Waals surface area contributed by atoms with Gasteiger partial charge in [0.25, 0.3) is 0 Å². The number of carboxylic acid groups (broad SMARTS) is 1. The molecular weight excluding hydrogens is 224 g/mol. The molecule has 0 aliphatic heterocycles. The zero-order valence-corrected chi connectivity index (χ0v) is 9.70. The minimum Gasteiger partial charge on any atom is -0.480 e. The number of benzene rings is 1. The Morgan fingerprint density at radius 2 is 2.25 bits per heavy atom. The van der Waals surface area contributed by atoms with Gasteiger partial charge in [-0.3, -0.25) is 4.79 Å². The lowest BCUT2D eigenvalue weighted by Crippen LogP contribution is -2.29. The second-order valence-corrected chi connectivity index (χ2v) is 4.38. The number of thiazole rings is 1. The lowest BCUT2D eigenvalue weighted by Gasteiger charge is -2.16. The van der Waals surface area contributed by atoms with Gasteiger partial charge in [-0.1, -0.05) is 23.5 Å². The molecule has 84 valence electrons. The molecule has 0 saturated carbocycles. The van der Waals surface area contributed by atoms with Gasteiger partial charge in [-0.05, 0) is 19.1 Å². The average Bonchev–Trinajstić information content (AvgIpc) is 2.68. The Labute approximate surface area is 97.1 Å². The van der Waals surface area contributed by atoms with E-state index in [4.69, 9.17) is 5.11 Å². The molecule has 0 fully saturated rings. The smallest absolute Gasteiger partial charge is 0.323 e. The van der Waals surface area contributed by atoms with Crippen molar-refractivity contribution in [3.63, 3.8) is 0 Å². The summed E-state index contributed by atoms with van der Waals surface area (Å²) in [6.45, 7) is 2.57. The molecule has 1 aromatic heterocycles. The number of carbonyl (C=O) groups is 1. The van der Waals surface area contributed by atoms with E-state index in [-0.39, 0.29) is 6.54 Å². The lowest BCUT2D eigenvalue weighted by atomic mass is 10.3. The van der Waals surface area contributed by atoms with Crippen molar-refractivity contribution in [1.29, 1.82) is 0 Å². The molecule has 0 amide bonds. The van der Waals surface area contributed by atoms with Gasteiger partial charge in [0.05, 0.1) is 10.2 Å². The third-order valence-corrected chi connectivity index (χ3v) is 3.36. The van der Waals surface area contributed by atoms with Crippen LogP contribution in [-0.2, 0) is 4.79 Å². The topological polar surface area (TPSA) is 53.4 Å². The Hall–Kier alpha value is -1.62. The van der Waals surface area contributed by atoms with Crippen molar-refractivity contribution in [2.45, 2.75) is 6.92 Å². The first-order valence-corrected chi connectivity index (χ1v) is 5.84. The third-order valence-electron chi connectivity index (χ3n) is 2.26. The van der Waals surface area contributed by atoms with Gasteiger partial charge in [0.1, 0.15) is 6.54 Å². The molecule has 1 aromatic carbocycles. The molecule has 2 rings (SSSR count). The van der Waals surface area contributed by atoms with Gasteiger partial charge in [0.15, 0.2) is 5.13 Å². The minimum atomic E-state index is -0.832. The zero-order chi connectivity index (χ0) is 11.5. The molecule has 0 aliphatic rings. The highest BCUT2D eigenvalue weighted by Gasteiger charge is 2.12. The van der Waals surface area contributed by atoms with Crippen LogP contribution in [0.3, 0.4) is 0 Å². The van der Waals surface area contributed by atoms with E-state index in [1.54, 1.807) is 4.90 Å². The lowest BCUT2D eigenvalue weighted by molar-refractivity contribution is -0.135. The maximum Gasteiger partial charge on any atom is 0.323 e. The van der Waals surface area contributed by atoms with Crippen LogP contribution in [0.2, 0.25) is 0 Å². The quantitative estimate of drug-likeness (QED) is 0.884. The second kappa shape index (κ2) is 4.49. The number of para-hydroxylation sites is 1. The maximum absolute atomic E-state index is 10.7. The van der Waals surface area contributed by atoms with E-state index in [9.17, 15) is 4.79 Å². The summed E-state index contributed by atoms with van der Waals surface area (Å²) >= 11 is 1.52. The number of hydrogen-bond acceptors (Lipinski definition) is 4. The van der Waals surface area contributed by atoms with E-state index in [0.717, 1.165) is 15.3 Å². The Morgan fingerprint density at radius 1 is 1.50 bits per heavy atom. The predicted molar refractivity (Wildman–Crippen MR) is 65.1 cm³/mol. The van der Waals surface area contributed by atoms with E-state index >= 15 is 0 Å². The molecule has 0 atom stereocenters. The fourth-order valence-electron chi connectivity index (χ4n) is 1.47. The number of carboxylic acids is 1. The summed E-state index contributed by atoms with van der Waals surface area (Å²) in [5.74, 6) is -0.832. The van der Waals surface area contributed by atoms with Crippen LogP contribution in [0.1, 0.15) is 6.92 Å². The fourth-order valence-corrected chi connectivity index (χ4v) is 2.50. The molecule has 0 spiro atoms. The van der Waals surface area contributed by atoms with Gasteiger partial charge < -0.3 is 10.0 Å².